The van der Waals surface area contributed by atoms with Gasteiger partial charge in [0.1, 0.15) is 11.0 Å². The first-order valence-electron chi connectivity index (χ1n) is 5.45. The van der Waals surface area contributed by atoms with Crippen molar-refractivity contribution in [3.05, 3.63) is 33.8 Å². The van der Waals surface area contributed by atoms with E-state index in [0.717, 1.165) is 15.7 Å². The molecule has 0 aliphatic carbocycles. The molecule has 0 radical (unpaired) electrons. The van der Waals surface area contributed by atoms with Gasteiger partial charge in [-0.05, 0) is 51.8 Å². The average Bonchev–Trinajstić information content (AvgIpc) is 2.20. The Morgan fingerprint density at radius 2 is 1.94 bits per heavy atom. The molecule has 17 heavy (non-hydrogen) atoms. The molecule has 0 unspecified atom stereocenters. The van der Waals surface area contributed by atoms with Crippen LogP contribution in [0.25, 0.3) is 0 Å². The number of aryl methyl sites for hydroxylation is 1. The van der Waals surface area contributed by atoms with Crippen molar-refractivity contribution in [3.63, 3.8) is 0 Å². The van der Waals surface area contributed by atoms with Gasteiger partial charge < -0.3 is 0 Å². The molecule has 1 aromatic rings. The highest BCUT2D eigenvalue weighted by Crippen LogP contribution is 2.19. The van der Waals surface area contributed by atoms with E-state index in [9.17, 15) is 4.21 Å². The minimum atomic E-state index is -1.21. The molecule has 0 aliphatic rings. The normalized spacial score (nSPS) is 14.8. The van der Waals surface area contributed by atoms with Gasteiger partial charge in [0.05, 0.1) is 10.5 Å². The van der Waals surface area contributed by atoms with Crippen LogP contribution in [0.5, 0.6) is 0 Å². The first kappa shape index (κ1) is 14.6. The molecular weight excluding hydrogens is 298 g/mol. The van der Waals surface area contributed by atoms with Gasteiger partial charge in [-0.2, -0.15) is 4.40 Å². The van der Waals surface area contributed by atoms with Crippen LogP contribution in [0.3, 0.4) is 0 Å². The second-order valence-corrected chi connectivity index (χ2v) is 7.76. The maximum absolute atomic E-state index is 11.9. The zero-order chi connectivity index (χ0) is 13.2. The van der Waals surface area contributed by atoms with Gasteiger partial charge in [-0.1, -0.05) is 28.1 Å². The van der Waals surface area contributed by atoms with E-state index in [1.807, 2.05) is 52.8 Å². The van der Waals surface area contributed by atoms with Crippen molar-refractivity contribution >= 4 is 32.6 Å². The summed E-state index contributed by atoms with van der Waals surface area (Å²) in [6, 6.07) is 6.03. The largest absolute Gasteiger partial charge is 0.234 e. The number of nitrogens with zero attached hydrogens (tertiary/aromatic N) is 1. The average molecular weight is 316 g/mol. The lowest BCUT2D eigenvalue weighted by Crippen LogP contribution is -2.20. The van der Waals surface area contributed by atoms with Crippen molar-refractivity contribution in [1.82, 2.24) is 0 Å². The summed E-state index contributed by atoms with van der Waals surface area (Å²) in [6.07, 6.45) is 0. The molecule has 0 saturated heterocycles. The molecule has 1 aromatic carbocycles. The number of hydrogen-bond donors (Lipinski definition) is 0. The second kappa shape index (κ2) is 5.44. The van der Waals surface area contributed by atoms with E-state index >= 15 is 0 Å². The molecule has 0 aliphatic heterocycles. The predicted octanol–water partition coefficient (Wildman–Crippen LogP) is 4.03. The smallest absolute Gasteiger partial charge is 0.145 e. The van der Waals surface area contributed by atoms with E-state index in [4.69, 9.17) is 0 Å². The predicted molar refractivity (Wildman–Crippen MR) is 79.0 cm³/mol. The van der Waals surface area contributed by atoms with E-state index in [-0.39, 0.29) is 4.75 Å². The minimum Gasteiger partial charge on any atom is -0.234 e. The van der Waals surface area contributed by atoms with E-state index in [1.165, 1.54) is 5.56 Å². The molecule has 0 amide bonds. The van der Waals surface area contributed by atoms with Crippen molar-refractivity contribution < 1.29 is 4.21 Å². The summed E-state index contributed by atoms with van der Waals surface area (Å²) in [5.41, 5.74) is 2.98. The first-order valence-corrected chi connectivity index (χ1v) is 7.35. The summed E-state index contributed by atoms with van der Waals surface area (Å²) < 4.78 is 16.9. The molecule has 0 fully saturated rings. The van der Waals surface area contributed by atoms with Crippen LogP contribution in [0.1, 0.15) is 38.8 Å². The Morgan fingerprint density at radius 3 is 2.41 bits per heavy atom. The summed E-state index contributed by atoms with van der Waals surface area (Å²) >= 11 is 3.49. The Hall–Kier alpha value is -0.480. The van der Waals surface area contributed by atoms with Gasteiger partial charge in [0.25, 0.3) is 0 Å². The first-order chi connectivity index (χ1) is 7.71. The molecule has 0 N–H and O–H groups in total. The lowest BCUT2D eigenvalue weighted by Gasteiger charge is -2.14. The minimum absolute atomic E-state index is 0.316. The Labute approximate surface area is 114 Å². The van der Waals surface area contributed by atoms with Crippen LogP contribution in [0.15, 0.2) is 27.1 Å². The summed E-state index contributed by atoms with van der Waals surface area (Å²) in [7, 11) is -1.21. The van der Waals surface area contributed by atoms with E-state index in [1.54, 1.807) is 0 Å². The maximum Gasteiger partial charge on any atom is 0.145 e. The van der Waals surface area contributed by atoms with Crippen LogP contribution in [0.4, 0.5) is 0 Å². The Morgan fingerprint density at radius 1 is 1.35 bits per heavy atom. The SMILES string of the molecule is C/C(=N\[S@](=O)C(C)(C)C)c1ccc(C)c(Br)c1. The van der Waals surface area contributed by atoms with Crippen molar-refractivity contribution in [2.75, 3.05) is 0 Å². The molecule has 0 aromatic heterocycles. The molecule has 0 saturated carbocycles. The van der Waals surface area contributed by atoms with Crippen molar-refractivity contribution in [2.24, 2.45) is 4.40 Å². The molecule has 4 heteroatoms. The second-order valence-electron chi connectivity index (χ2n) is 5.00. The van der Waals surface area contributed by atoms with Crippen molar-refractivity contribution in [2.45, 2.75) is 39.4 Å². The molecule has 0 bridgehead atoms. The molecule has 1 rings (SSSR count). The third kappa shape index (κ3) is 4.03. The Kier molecular flexibility index (Phi) is 4.67. The Balaban J connectivity index is 3.04. The molecule has 1 atom stereocenters. The van der Waals surface area contributed by atoms with Crippen molar-refractivity contribution in [1.29, 1.82) is 0 Å². The summed E-state index contributed by atoms with van der Waals surface area (Å²) in [6.45, 7) is 9.69. The van der Waals surface area contributed by atoms with Crippen LogP contribution < -0.4 is 0 Å². The van der Waals surface area contributed by atoms with Crippen LogP contribution in [0, 0.1) is 6.92 Å². The van der Waals surface area contributed by atoms with Gasteiger partial charge in [0.15, 0.2) is 0 Å². The molecular formula is C13H18BrNOS. The van der Waals surface area contributed by atoms with Crippen LogP contribution in [-0.4, -0.2) is 14.7 Å². The fourth-order valence-electron chi connectivity index (χ4n) is 1.13. The standard InChI is InChI=1S/C13H18BrNOS/c1-9-6-7-11(8-12(9)14)10(2)15-17(16)13(3,4)5/h6-8H,1-5H3/b15-10+/t17-/m1/s1. The fourth-order valence-corrected chi connectivity index (χ4v) is 2.14. The van der Waals surface area contributed by atoms with Gasteiger partial charge in [-0.3, -0.25) is 0 Å². The maximum atomic E-state index is 11.9. The number of benzene rings is 1. The lowest BCUT2D eigenvalue weighted by atomic mass is 10.1. The summed E-state index contributed by atoms with van der Waals surface area (Å²) in [5, 5.41) is 0. The lowest BCUT2D eigenvalue weighted by molar-refractivity contribution is 0.650. The van der Waals surface area contributed by atoms with Crippen LogP contribution in [0.2, 0.25) is 0 Å². The van der Waals surface area contributed by atoms with Gasteiger partial charge >= 0.3 is 0 Å². The topological polar surface area (TPSA) is 29.4 Å². The molecule has 0 heterocycles. The molecule has 2 nitrogen and oxygen atoms in total. The fraction of sp³-hybridized carbons (Fsp3) is 0.462. The van der Waals surface area contributed by atoms with E-state index in [0.29, 0.717) is 0 Å². The van der Waals surface area contributed by atoms with Gasteiger partial charge in [-0.25, -0.2) is 4.21 Å². The highest BCUT2D eigenvalue weighted by Gasteiger charge is 2.19. The van der Waals surface area contributed by atoms with E-state index < -0.39 is 11.0 Å². The van der Waals surface area contributed by atoms with E-state index in [2.05, 4.69) is 20.3 Å². The third-order valence-corrected chi connectivity index (χ3v) is 4.68. The van der Waals surface area contributed by atoms with Gasteiger partial charge in [0, 0.05) is 4.47 Å². The molecule has 94 valence electrons. The van der Waals surface area contributed by atoms with Crippen LogP contribution >= 0.6 is 15.9 Å². The van der Waals surface area contributed by atoms with Gasteiger partial charge in [-0.15, -0.1) is 0 Å². The summed E-state index contributed by atoms with van der Waals surface area (Å²) in [4.78, 5) is 0. The third-order valence-electron chi connectivity index (χ3n) is 2.33. The highest BCUT2D eigenvalue weighted by atomic mass is 79.9. The quantitative estimate of drug-likeness (QED) is 0.758. The monoisotopic (exact) mass is 315 g/mol. The molecule has 0 spiro atoms. The van der Waals surface area contributed by atoms with Gasteiger partial charge in [0.2, 0.25) is 0 Å². The number of halogens is 1. The highest BCUT2D eigenvalue weighted by molar-refractivity contribution is 9.10. The van der Waals surface area contributed by atoms with Crippen LogP contribution in [-0.2, 0) is 11.0 Å². The zero-order valence-electron chi connectivity index (χ0n) is 10.9. The Bertz CT molecular complexity index is 475. The number of hydrogen-bond acceptors (Lipinski definition) is 1. The summed E-state index contributed by atoms with van der Waals surface area (Å²) in [5.74, 6) is 0. The van der Waals surface area contributed by atoms with Crippen molar-refractivity contribution in [3.8, 4) is 0 Å². The zero-order valence-corrected chi connectivity index (χ0v) is 13.3. The number of rotatable bonds is 2.